The maximum Gasteiger partial charge on any atom is 0.308 e. The maximum atomic E-state index is 14.2. The number of anilines is 1. The molecule has 0 bridgehead atoms. The maximum absolute atomic E-state index is 14.2. The molecule has 1 amide bonds. The third kappa shape index (κ3) is 13.3. The summed E-state index contributed by atoms with van der Waals surface area (Å²) in [6.45, 7) is 2.82. The summed E-state index contributed by atoms with van der Waals surface area (Å²) in [5.41, 5.74) is 4.39. The van der Waals surface area contributed by atoms with Gasteiger partial charge in [-0.15, -0.1) is 0 Å². The molecular formula is C38H47FN4O12. The van der Waals surface area contributed by atoms with Gasteiger partial charge in [-0.05, 0) is 66.3 Å². The highest BCUT2D eigenvalue weighted by atomic mass is 19.1. The van der Waals surface area contributed by atoms with E-state index >= 15 is 0 Å². The fourth-order valence-electron chi connectivity index (χ4n) is 6.07. The van der Waals surface area contributed by atoms with Crippen LogP contribution in [0.3, 0.4) is 0 Å². The van der Waals surface area contributed by atoms with Crippen LogP contribution in [0.4, 0.5) is 10.1 Å². The molecule has 4 aromatic rings. The fraction of sp³-hybridized carbons (Fsp3) is 0.368. The predicted molar refractivity (Wildman–Crippen MR) is 193 cm³/mol. The molecule has 1 aromatic heterocycles. The van der Waals surface area contributed by atoms with Gasteiger partial charge in [-0.3, -0.25) is 30.4 Å². The minimum atomic E-state index is -1.32. The Bertz CT molecular complexity index is 1780. The number of carbonyl (C=O) groups excluding carboxylic acids is 2. The molecule has 55 heavy (non-hydrogen) atoms. The van der Waals surface area contributed by atoms with E-state index in [9.17, 15) is 24.2 Å². The lowest BCUT2D eigenvalue weighted by Gasteiger charge is -2.21. The molecule has 4 rings (SSSR count). The molecule has 0 spiro atoms. The number of aliphatic hydroxyl groups excluding tert-OH is 2. The van der Waals surface area contributed by atoms with E-state index in [1.165, 1.54) is 12.1 Å². The molecule has 298 valence electrons. The quantitative estimate of drug-likeness (QED) is 0.0312. The predicted octanol–water partition coefficient (Wildman–Crippen LogP) is 5.18. The number of ether oxygens (including phenoxy) is 2. The fourth-order valence-corrected chi connectivity index (χ4v) is 6.07. The topological polar surface area (TPSA) is 216 Å². The summed E-state index contributed by atoms with van der Waals surface area (Å²) in [5, 5.41) is 58.8. The molecule has 0 aliphatic carbocycles. The van der Waals surface area contributed by atoms with Crippen LogP contribution < -0.4 is 5.32 Å². The number of nitrogens with zero attached hydrogens (tertiary/aromatic N) is 3. The molecule has 0 aliphatic rings. The SMILES string of the molecule is CC(C)c1c(C(=O)Nc2ccccc2)c(-c2ccccc2)c(-c2ccc(F)cc2)n1CCC(O)CC(O)CC(=O)OCC(COCCON(O)O)ON(O)O. The number of amides is 1. The second-order valence-corrected chi connectivity index (χ2v) is 12.8. The van der Waals surface area contributed by atoms with Crippen LogP contribution in [0.15, 0.2) is 84.9 Å². The number of hydrogen-bond donors (Lipinski definition) is 7. The zero-order valence-electron chi connectivity index (χ0n) is 30.4. The van der Waals surface area contributed by atoms with Crippen LogP contribution in [-0.4, -0.2) is 103 Å². The summed E-state index contributed by atoms with van der Waals surface area (Å²) in [7, 11) is 0. The van der Waals surface area contributed by atoms with Gasteiger partial charge in [0.1, 0.15) is 18.5 Å². The number of nitrogens with one attached hydrogen (secondary N) is 1. The van der Waals surface area contributed by atoms with E-state index < -0.39 is 53.9 Å². The molecule has 7 N–H and O–H groups in total. The number of aliphatic hydroxyl groups is 2. The molecule has 17 heteroatoms. The lowest BCUT2D eigenvalue weighted by Crippen LogP contribution is -2.34. The first-order valence-corrected chi connectivity index (χ1v) is 17.5. The molecular weight excluding hydrogens is 723 g/mol. The zero-order chi connectivity index (χ0) is 39.9. The summed E-state index contributed by atoms with van der Waals surface area (Å²) in [6.07, 6.45) is -4.23. The molecule has 16 nitrogen and oxygen atoms in total. The number of esters is 1. The number of rotatable bonds is 22. The van der Waals surface area contributed by atoms with Crippen molar-refractivity contribution in [3.63, 3.8) is 0 Å². The van der Waals surface area contributed by atoms with Gasteiger partial charge in [0, 0.05) is 23.5 Å². The summed E-state index contributed by atoms with van der Waals surface area (Å²) in [5.74, 6) is -1.83. The summed E-state index contributed by atoms with van der Waals surface area (Å²) < 4.78 is 26.4. The van der Waals surface area contributed by atoms with Gasteiger partial charge in [-0.25, -0.2) is 14.1 Å². The Balaban J connectivity index is 1.53. The molecule has 0 aliphatic heterocycles. The van der Waals surface area contributed by atoms with Crippen molar-refractivity contribution in [2.75, 3.05) is 31.7 Å². The molecule has 0 saturated heterocycles. The van der Waals surface area contributed by atoms with E-state index in [1.54, 1.807) is 24.3 Å². The Labute approximate surface area is 316 Å². The van der Waals surface area contributed by atoms with Gasteiger partial charge < -0.3 is 29.6 Å². The largest absolute Gasteiger partial charge is 0.463 e. The van der Waals surface area contributed by atoms with Gasteiger partial charge in [0.25, 0.3) is 5.91 Å². The van der Waals surface area contributed by atoms with Crippen molar-refractivity contribution in [3.8, 4) is 22.4 Å². The smallest absolute Gasteiger partial charge is 0.308 e. The van der Waals surface area contributed by atoms with Crippen LogP contribution in [0, 0.1) is 5.82 Å². The van der Waals surface area contributed by atoms with Crippen LogP contribution >= 0.6 is 0 Å². The van der Waals surface area contributed by atoms with E-state index in [0.717, 1.165) is 5.56 Å². The average Bonchev–Trinajstić information content (AvgIpc) is 3.49. The summed E-state index contributed by atoms with van der Waals surface area (Å²) in [4.78, 5) is 35.8. The summed E-state index contributed by atoms with van der Waals surface area (Å²) >= 11 is 0. The Morgan fingerprint density at radius 1 is 0.818 bits per heavy atom. The molecule has 0 radical (unpaired) electrons. The second-order valence-electron chi connectivity index (χ2n) is 12.8. The molecule has 3 aromatic carbocycles. The minimum Gasteiger partial charge on any atom is -0.463 e. The van der Waals surface area contributed by atoms with Crippen molar-refractivity contribution in [1.82, 2.24) is 15.3 Å². The minimum absolute atomic E-state index is 0.104. The number of para-hydroxylation sites is 1. The van der Waals surface area contributed by atoms with Crippen molar-refractivity contribution in [2.24, 2.45) is 0 Å². The van der Waals surface area contributed by atoms with Gasteiger partial charge in [0.05, 0.1) is 60.5 Å². The third-order valence-electron chi connectivity index (χ3n) is 8.33. The van der Waals surface area contributed by atoms with Crippen molar-refractivity contribution in [2.45, 2.75) is 63.9 Å². The Kier molecular flexibility index (Phi) is 16.8. The third-order valence-corrected chi connectivity index (χ3v) is 8.33. The number of benzene rings is 3. The first-order chi connectivity index (χ1) is 26.3. The number of hydrogen-bond acceptors (Lipinski definition) is 14. The van der Waals surface area contributed by atoms with E-state index in [-0.39, 0.29) is 51.0 Å². The number of carbonyl (C=O) groups is 2. The van der Waals surface area contributed by atoms with Crippen molar-refractivity contribution >= 4 is 17.6 Å². The van der Waals surface area contributed by atoms with Crippen molar-refractivity contribution < 1.29 is 64.2 Å². The van der Waals surface area contributed by atoms with Crippen molar-refractivity contribution in [1.29, 1.82) is 0 Å². The van der Waals surface area contributed by atoms with Crippen LogP contribution in [0.5, 0.6) is 0 Å². The van der Waals surface area contributed by atoms with Crippen LogP contribution in [-0.2, 0) is 30.5 Å². The van der Waals surface area contributed by atoms with Gasteiger partial charge in [0.15, 0.2) is 0 Å². The first kappa shape index (κ1) is 43.1. The average molecular weight is 771 g/mol. The van der Waals surface area contributed by atoms with Crippen LogP contribution in [0.1, 0.15) is 55.1 Å². The number of halogens is 1. The second kappa shape index (κ2) is 21.5. The molecule has 3 atom stereocenters. The number of aromatic nitrogens is 1. The highest BCUT2D eigenvalue weighted by Crippen LogP contribution is 2.42. The lowest BCUT2D eigenvalue weighted by atomic mass is 9.94. The van der Waals surface area contributed by atoms with Crippen molar-refractivity contribution in [3.05, 3.63) is 102 Å². The van der Waals surface area contributed by atoms with E-state index in [0.29, 0.717) is 33.8 Å². The molecule has 0 saturated carbocycles. The first-order valence-electron chi connectivity index (χ1n) is 17.5. The monoisotopic (exact) mass is 770 g/mol. The van der Waals surface area contributed by atoms with Crippen LogP contribution in [0.2, 0.25) is 0 Å². The standard InChI is InChI=1S/C38H47FN4O12/c1-25(2)36-35(38(47)40-29-11-7-4-8-12-29)34(26-9-5-3-6-10-26)37(27-13-15-28(39)16-14-27)41(36)18-17-30(44)21-31(45)22-33(46)53-24-32(55-43(50)51)23-52-19-20-54-42(48)49/h3-16,25,30-32,44-45,48-51H,17-24H2,1-2H3,(H,40,47). The Hall–Kier alpha value is -4.63. The molecule has 0 fully saturated rings. The van der Waals surface area contributed by atoms with Gasteiger partial charge in [-0.2, -0.15) is 0 Å². The zero-order valence-corrected chi connectivity index (χ0v) is 30.4. The van der Waals surface area contributed by atoms with E-state index in [4.69, 9.17) is 30.3 Å². The van der Waals surface area contributed by atoms with Gasteiger partial charge in [-0.1, -0.05) is 62.4 Å². The van der Waals surface area contributed by atoms with E-state index in [2.05, 4.69) is 15.0 Å². The lowest BCUT2D eigenvalue weighted by molar-refractivity contribution is -0.507. The van der Waals surface area contributed by atoms with Gasteiger partial charge in [0.2, 0.25) is 0 Å². The summed E-state index contributed by atoms with van der Waals surface area (Å²) in [6, 6.07) is 24.4. The Morgan fingerprint density at radius 3 is 2.09 bits per heavy atom. The molecule has 1 heterocycles. The molecule has 3 unspecified atom stereocenters. The van der Waals surface area contributed by atoms with Gasteiger partial charge >= 0.3 is 5.97 Å². The normalized spacial score (nSPS) is 13.3. The highest BCUT2D eigenvalue weighted by molar-refractivity contribution is 6.12. The van der Waals surface area contributed by atoms with E-state index in [1.807, 2.05) is 66.9 Å². The Morgan fingerprint density at radius 2 is 1.47 bits per heavy atom. The van der Waals surface area contributed by atoms with Crippen LogP contribution in [0.25, 0.3) is 22.4 Å². The highest BCUT2D eigenvalue weighted by Gasteiger charge is 2.31.